The van der Waals surface area contributed by atoms with Crippen molar-refractivity contribution in [2.45, 2.75) is 98.6 Å². The number of urea groups is 1. The fourth-order valence-corrected chi connectivity index (χ4v) is 7.02. The van der Waals surface area contributed by atoms with E-state index in [9.17, 15) is 13.2 Å². The van der Waals surface area contributed by atoms with Gasteiger partial charge in [-0.05, 0) is 101 Å². The highest BCUT2D eigenvalue weighted by Gasteiger charge is 2.34. The first-order valence-corrected chi connectivity index (χ1v) is 13.6. The van der Waals surface area contributed by atoms with Crippen LogP contribution >= 0.6 is 0 Å². The maximum Gasteiger partial charge on any atom is 0.332 e. The van der Waals surface area contributed by atoms with Crippen molar-refractivity contribution in [1.82, 2.24) is 9.62 Å². The lowest BCUT2D eigenvalue weighted by atomic mass is 9.91. The Labute approximate surface area is 194 Å². The lowest BCUT2D eigenvalue weighted by Crippen LogP contribution is -2.52. The summed E-state index contributed by atoms with van der Waals surface area (Å²) in [7, 11) is -3.79. The molecule has 0 aliphatic heterocycles. The number of nitrogens with zero attached hydrogens (tertiary/aromatic N) is 1. The third-order valence-electron chi connectivity index (χ3n) is 6.62. The van der Waals surface area contributed by atoms with E-state index >= 15 is 0 Å². The molecule has 0 bridgehead atoms. The van der Waals surface area contributed by atoms with Crippen LogP contribution in [-0.2, 0) is 35.7 Å². The monoisotopic (exact) mass is 463 g/mol. The summed E-state index contributed by atoms with van der Waals surface area (Å²) >= 11 is 0. The number of aryl methyl sites for hydroxylation is 2. The Morgan fingerprint density at radius 3 is 2.00 bits per heavy atom. The molecule has 3 rings (SSSR count). The van der Waals surface area contributed by atoms with Crippen LogP contribution in [0.4, 0.5) is 10.5 Å². The summed E-state index contributed by atoms with van der Waals surface area (Å²) < 4.78 is 28.1. The predicted octanol–water partition coefficient (Wildman–Crippen LogP) is 4.65. The summed E-state index contributed by atoms with van der Waals surface area (Å²) in [4.78, 5) is 15.1. The van der Waals surface area contributed by atoms with Gasteiger partial charge in [-0.2, -0.15) is 0 Å². The zero-order valence-corrected chi connectivity index (χ0v) is 21.7. The number of rotatable bonds is 7. The van der Waals surface area contributed by atoms with Crippen LogP contribution in [0, 0.1) is 5.41 Å². The van der Waals surface area contributed by atoms with Gasteiger partial charge < -0.3 is 5.32 Å². The molecule has 0 heterocycles. The van der Waals surface area contributed by atoms with Crippen molar-refractivity contribution in [2.75, 3.05) is 17.6 Å². The standard InChI is InChI=1S/C25H41N3O3S/c1-17(2)28(24(3,4)5)15-25(6,7)16-32(30,31)27-23(29)26-22-20-12-8-10-18(20)14-19-11-9-13-21(19)22/h14,17H,8-13,15-16H2,1-7H3,(H2,26,27,29). The second-order valence-electron chi connectivity index (χ2n) is 11.6. The van der Waals surface area contributed by atoms with Crippen LogP contribution < -0.4 is 10.0 Å². The van der Waals surface area contributed by atoms with Crippen LogP contribution in [-0.4, -0.2) is 43.2 Å². The number of carbonyl (C=O) groups excluding carboxylic acids is 1. The van der Waals surface area contributed by atoms with Crippen molar-refractivity contribution in [1.29, 1.82) is 0 Å². The molecular weight excluding hydrogens is 422 g/mol. The van der Waals surface area contributed by atoms with Gasteiger partial charge in [-0.25, -0.2) is 17.9 Å². The number of benzene rings is 1. The lowest BCUT2D eigenvalue weighted by molar-refractivity contribution is 0.0609. The quantitative estimate of drug-likeness (QED) is 0.617. The van der Waals surface area contributed by atoms with E-state index in [1.165, 1.54) is 22.3 Å². The number of hydrogen-bond acceptors (Lipinski definition) is 4. The molecule has 0 atom stereocenters. The van der Waals surface area contributed by atoms with E-state index in [0.29, 0.717) is 6.54 Å². The highest BCUT2D eigenvalue weighted by Crippen LogP contribution is 2.38. The average Bonchev–Trinajstić information content (AvgIpc) is 3.25. The summed E-state index contributed by atoms with van der Waals surface area (Å²) in [5.74, 6) is -0.113. The van der Waals surface area contributed by atoms with E-state index in [0.717, 1.165) is 44.2 Å². The highest BCUT2D eigenvalue weighted by molar-refractivity contribution is 7.90. The van der Waals surface area contributed by atoms with Gasteiger partial charge in [-0.3, -0.25) is 4.90 Å². The first-order valence-electron chi connectivity index (χ1n) is 11.9. The molecule has 0 radical (unpaired) electrons. The molecule has 2 N–H and O–H groups in total. The van der Waals surface area contributed by atoms with Crippen LogP contribution in [0.3, 0.4) is 0 Å². The number of carbonyl (C=O) groups is 1. The molecule has 0 fully saturated rings. The number of amides is 2. The van der Waals surface area contributed by atoms with E-state index in [1.807, 2.05) is 13.8 Å². The summed E-state index contributed by atoms with van der Waals surface area (Å²) in [5.41, 5.74) is 5.26. The van der Waals surface area contributed by atoms with E-state index < -0.39 is 21.5 Å². The van der Waals surface area contributed by atoms with Gasteiger partial charge in [0, 0.05) is 23.8 Å². The third kappa shape index (κ3) is 5.84. The molecule has 6 nitrogen and oxygen atoms in total. The minimum absolute atomic E-state index is 0.0753. The van der Waals surface area contributed by atoms with Crippen LogP contribution in [0.15, 0.2) is 6.07 Å². The van der Waals surface area contributed by atoms with Gasteiger partial charge in [-0.15, -0.1) is 0 Å². The molecule has 0 aromatic heterocycles. The van der Waals surface area contributed by atoms with Crippen molar-refractivity contribution in [3.05, 3.63) is 28.3 Å². The van der Waals surface area contributed by atoms with Crippen molar-refractivity contribution in [2.24, 2.45) is 5.41 Å². The molecular formula is C25H41N3O3S. The van der Waals surface area contributed by atoms with E-state index in [2.05, 4.69) is 55.6 Å². The summed E-state index contributed by atoms with van der Waals surface area (Å²) in [6.45, 7) is 15.2. The maximum atomic E-state index is 12.9. The Morgan fingerprint density at radius 1 is 1.00 bits per heavy atom. The molecule has 0 saturated heterocycles. The third-order valence-corrected chi connectivity index (χ3v) is 8.28. The fourth-order valence-electron chi connectivity index (χ4n) is 5.50. The van der Waals surface area contributed by atoms with Gasteiger partial charge in [-0.1, -0.05) is 19.9 Å². The van der Waals surface area contributed by atoms with Crippen molar-refractivity contribution in [3.8, 4) is 0 Å². The molecule has 7 heteroatoms. The smallest absolute Gasteiger partial charge is 0.307 e. The Morgan fingerprint density at radius 2 is 1.53 bits per heavy atom. The Bertz CT molecular complexity index is 943. The number of nitrogens with one attached hydrogen (secondary N) is 2. The van der Waals surface area contributed by atoms with E-state index in [4.69, 9.17) is 0 Å². The van der Waals surface area contributed by atoms with Gasteiger partial charge in [0.1, 0.15) is 0 Å². The molecule has 0 unspecified atom stereocenters. The maximum absolute atomic E-state index is 12.9. The van der Waals surface area contributed by atoms with Crippen LogP contribution in [0.25, 0.3) is 0 Å². The molecule has 0 spiro atoms. The van der Waals surface area contributed by atoms with Crippen molar-refractivity contribution >= 4 is 21.7 Å². The van der Waals surface area contributed by atoms with E-state index in [-0.39, 0.29) is 17.3 Å². The predicted molar refractivity (Wildman–Crippen MR) is 132 cm³/mol. The highest BCUT2D eigenvalue weighted by atomic mass is 32.2. The van der Waals surface area contributed by atoms with Crippen molar-refractivity contribution < 1.29 is 13.2 Å². The number of sulfonamides is 1. The Balaban J connectivity index is 1.71. The molecule has 2 aliphatic carbocycles. The second kappa shape index (κ2) is 8.98. The molecule has 0 saturated carbocycles. The minimum Gasteiger partial charge on any atom is -0.307 e. The fraction of sp³-hybridized carbons (Fsp3) is 0.720. The normalized spacial score (nSPS) is 16.4. The van der Waals surface area contributed by atoms with Crippen molar-refractivity contribution in [3.63, 3.8) is 0 Å². The topological polar surface area (TPSA) is 78.5 Å². The Hall–Kier alpha value is -1.60. The number of fused-ring (bicyclic) bond motifs is 2. The van der Waals surface area contributed by atoms with Crippen LogP contribution in [0.1, 0.15) is 83.6 Å². The SMILES string of the molecule is CC(C)N(CC(C)(C)CS(=O)(=O)NC(=O)Nc1c2c(cc3c1CCC3)CCC2)C(C)(C)C. The molecule has 1 aromatic carbocycles. The largest absolute Gasteiger partial charge is 0.332 e. The number of anilines is 1. The zero-order chi connectivity index (χ0) is 23.9. The first-order chi connectivity index (χ1) is 14.7. The van der Waals surface area contributed by atoms with Gasteiger partial charge in [0.15, 0.2) is 0 Å². The second-order valence-corrected chi connectivity index (χ2v) is 13.3. The first kappa shape index (κ1) is 25.0. The summed E-state index contributed by atoms with van der Waals surface area (Å²) in [6, 6.07) is 1.94. The van der Waals surface area contributed by atoms with Crippen LogP contribution in [0.5, 0.6) is 0 Å². The summed E-state index contributed by atoms with van der Waals surface area (Å²) in [5, 5.41) is 2.93. The van der Waals surface area contributed by atoms with Gasteiger partial charge in [0.05, 0.1) is 5.75 Å². The van der Waals surface area contributed by atoms with E-state index in [1.54, 1.807) is 0 Å². The van der Waals surface area contributed by atoms with Gasteiger partial charge in [0.2, 0.25) is 10.0 Å². The molecule has 32 heavy (non-hydrogen) atoms. The lowest BCUT2D eigenvalue weighted by Gasteiger charge is -2.43. The van der Waals surface area contributed by atoms with Gasteiger partial charge in [0.25, 0.3) is 0 Å². The summed E-state index contributed by atoms with van der Waals surface area (Å²) in [6.07, 6.45) is 6.12. The zero-order valence-electron chi connectivity index (χ0n) is 20.9. The molecule has 2 amide bonds. The van der Waals surface area contributed by atoms with Gasteiger partial charge >= 0.3 is 6.03 Å². The Kier molecular flexibility index (Phi) is 7.02. The molecule has 180 valence electrons. The molecule has 2 aliphatic rings. The number of hydrogen-bond donors (Lipinski definition) is 2. The minimum atomic E-state index is -3.79. The molecule has 1 aromatic rings. The average molecular weight is 464 g/mol. The van der Waals surface area contributed by atoms with Crippen LogP contribution in [0.2, 0.25) is 0 Å².